The molecular weight excluding hydrogens is 176 g/mol. The molecule has 0 atom stereocenters. The van der Waals surface area contributed by atoms with E-state index < -0.39 is 0 Å². The first-order valence-electron chi connectivity index (χ1n) is 4.61. The second-order valence-corrected chi connectivity index (χ2v) is 3.55. The summed E-state index contributed by atoms with van der Waals surface area (Å²) < 4.78 is 5.10. The van der Waals surface area contributed by atoms with Crippen LogP contribution < -0.4 is 10.1 Å². The molecule has 0 aliphatic heterocycles. The van der Waals surface area contributed by atoms with Gasteiger partial charge in [-0.3, -0.25) is 0 Å². The van der Waals surface area contributed by atoms with Crippen LogP contribution in [0, 0.1) is 11.3 Å². The highest BCUT2D eigenvalue weighted by molar-refractivity contribution is 5.53. The third-order valence-electron chi connectivity index (χ3n) is 2.42. The van der Waals surface area contributed by atoms with Crippen LogP contribution in [-0.4, -0.2) is 12.6 Å². The highest BCUT2D eigenvalue weighted by Crippen LogP contribution is 2.38. The molecule has 0 saturated heterocycles. The van der Waals surface area contributed by atoms with Gasteiger partial charge in [-0.15, -0.1) is 0 Å². The number of benzene rings is 1. The Balaban J connectivity index is 2.14. The van der Waals surface area contributed by atoms with E-state index in [0.717, 1.165) is 24.3 Å². The lowest BCUT2D eigenvalue weighted by Gasteiger charge is -2.11. The highest BCUT2D eigenvalue weighted by Gasteiger charge is 2.43. The van der Waals surface area contributed by atoms with E-state index in [0.29, 0.717) is 0 Å². The first kappa shape index (κ1) is 8.89. The minimum Gasteiger partial charge on any atom is -0.497 e. The van der Waals surface area contributed by atoms with Gasteiger partial charge < -0.3 is 10.1 Å². The highest BCUT2D eigenvalue weighted by atomic mass is 16.5. The van der Waals surface area contributed by atoms with Gasteiger partial charge in [-0.05, 0) is 25.0 Å². The summed E-state index contributed by atoms with van der Waals surface area (Å²) in [6, 6.07) is 9.93. The largest absolute Gasteiger partial charge is 0.497 e. The second kappa shape index (κ2) is 3.22. The summed E-state index contributed by atoms with van der Waals surface area (Å²) in [5.41, 5.74) is 0.634. The predicted molar refractivity (Wildman–Crippen MR) is 54.2 cm³/mol. The second-order valence-electron chi connectivity index (χ2n) is 3.55. The van der Waals surface area contributed by atoms with Gasteiger partial charge in [0.05, 0.1) is 13.2 Å². The number of nitrogens with zero attached hydrogens (tertiary/aromatic N) is 1. The fourth-order valence-electron chi connectivity index (χ4n) is 1.37. The van der Waals surface area contributed by atoms with Crippen LogP contribution in [0.4, 0.5) is 5.69 Å². The van der Waals surface area contributed by atoms with E-state index in [1.165, 1.54) is 0 Å². The normalized spacial score (nSPS) is 16.9. The van der Waals surface area contributed by atoms with Gasteiger partial charge in [-0.1, -0.05) is 6.07 Å². The Bertz CT molecular complexity index is 377. The number of methoxy groups -OCH3 is 1. The molecule has 72 valence electrons. The van der Waals surface area contributed by atoms with Crippen molar-refractivity contribution in [3.05, 3.63) is 24.3 Å². The average Bonchev–Trinajstić information content (AvgIpc) is 2.99. The first-order valence-corrected chi connectivity index (χ1v) is 4.61. The van der Waals surface area contributed by atoms with E-state index >= 15 is 0 Å². The number of rotatable bonds is 3. The van der Waals surface area contributed by atoms with Crippen molar-refractivity contribution in [1.82, 2.24) is 0 Å². The minimum absolute atomic E-state index is 0.313. The summed E-state index contributed by atoms with van der Waals surface area (Å²) in [5, 5.41) is 12.1. The maximum Gasteiger partial charge on any atom is 0.125 e. The Morgan fingerprint density at radius 3 is 2.86 bits per heavy atom. The van der Waals surface area contributed by atoms with E-state index in [1.54, 1.807) is 7.11 Å². The Kier molecular flexibility index (Phi) is 2.05. The molecule has 0 unspecified atom stereocenters. The summed E-state index contributed by atoms with van der Waals surface area (Å²) in [5.74, 6) is 0.809. The first-order chi connectivity index (χ1) is 6.78. The number of nitriles is 1. The van der Waals surface area contributed by atoms with Gasteiger partial charge in [0.25, 0.3) is 0 Å². The molecule has 3 heteroatoms. The summed E-state index contributed by atoms with van der Waals surface area (Å²) in [6.45, 7) is 0. The van der Waals surface area contributed by atoms with E-state index in [-0.39, 0.29) is 5.54 Å². The minimum atomic E-state index is -0.313. The van der Waals surface area contributed by atoms with Gasteiger partial charge in [0.2, 0.25) is 0 Å². The topological polar surface area (TPSA) is 45.0 Å². The van der Waals surface area contributed by atoms with Gasteiger partial charge in [-0.2, -0.15) is 5.26 Å². The molecule has 1 aromatic rings. The van der Waals surface area contributed by atoms with Crippen molar-refractivity contribution in [1.29, 1.82) is 5.26 Å². The van der Waals surface area contributed by atoms with Crippen LogP contribution in [0.2, 0.25) is 0 Å². The van der Waals surface area contributed by atoms with Crippen LogP contribution in [0.1, 0.15) is 12.8 Å². The molecule has 0 heterocycles. The lowest BCUT2D eigenvalue weighted by Crippen LogP contribution is -2.18. The third-order valence-corrected chi connectivity index (χ3v) is 2.42. The van der Waals surface area contributed by atoms with Crippen molar-refractivity contribution < 1.29 is 4.74 Å². The molecule has 0 spiro atoms. The predicted octanol–water partition coefficient (Wildman–Crippen LogP) is 2.16. The monoisotopic (exact) mass is 188 g/mol. The molecule has 0 bridgehead atoms. The summed E-state index contributed by atoms with van der Waals surface area (Å²) >= 11 is 0. The lowest BCUT2D eigenvalue weighted by molar-refractivity contribution is 0.415. The molecule has 1 aliphatic rings. The van der Waals surface area contributed by atoms with Crippen LogP contribution in [-0.2, 0) is 0 Å². The smallest absolute Gasteiger partial charge is 0.125 e. The van der Waals surface area contributed by atoms with Crippen LogP contribution in [0.5, 0.6) is 5.75 Å². The number of hydrogen-bond acceptors (Lipinski definition) is 3. The molecule has 1 saturated carbocycles. The fraction of sp³-hybridized carbons (Fsp3) is 0.364. The molecule has 14 heavy (non-hydrogen) atoms. The van der Waals surface area contributed by atoms with Crippen molar-refractivity contribution in [3.8, 4) is 11.8 Å². The van der Waals surface area contributed by atoms with Crippen LogP contribution in [0.15, 0.2) is 24.3 Å². The van der Waals surface area contributed by atoms with Crippen molar-refractivity contribution in [2.45, 2.75) is 18.4 Å². The van der Waals surface area contributed by atoms with Gasteiger partial charge in [0.1, 0.15) is 11.3 Å². The maximum atomic E-state index is 8.90. The van der Waals surface area contributed by atoms with Gasteiger partial charge in [0.15, 0.2) is 0 Å². The number of anilines is 1. The molecular formula is C11H12N2O. The van der Waals surface area contributed by atoms with Gasteiger partial charge >= 0.3 is 0 Å². The summed E-state index contributed by atoms with van der Waals surface area (Å²) in [7, 11) is 1.64. The SMILES string of the molecule is COc1cccc(NC2(C#N)CC2)c1. The van der Waals surface area contributed by atoms with Crippen LogP contribution in [0.25, 0.3) is 0 Å². The molecule has 1 N–H and O–H groups in total. The fourth-order valence-corrected chi connectivity index (χ4v) is 1.37. The molecule has 1 aliphatic carbocycles. The van der Waals surface area contributed by atoms with Gasteiger partial charge in [0, 0.05) is 11.8 Å². The number of hydrogen-bond donors (Lipinski definition) is 1. The zero-order valence-electron chi connectivity index (χ0n) is 8.08. The van der Waals surface area contributed by atoms with E-state index in [2.05, 4.69) is 11.4 Å². The molecule has 1 fully saturated rings. The van der Waals surface area contributed by atoms with Crippen LogP contribution in [0.3, 0.4) is 0 Å². The van der Waals surface area contributed by atoms with E-state index in [9.17, 15) is 0 Å². The zero-order chi connectivity index (χ0) is 10.0. The third kappa shape index (κ3) is 1.64. The summed E-state index contributed by atoms with van der Waals surface area (Å²) in [4.78, 5) is 0. The molecule has 0 radical (unpaired) electrons. The standard InChI is InChI=1S/C11H12N2O/c1-14-10-4-2-3-9(7-10)13-11(8-12)5-6-11/h2-4,7,13H,5-6H2,1H3. The van der Waals surface area contributed by atoms with Crippen LogP contribution >= 0.6 is 0 Å². The van der Waals surface area contributed by atoms with Crippen molar-refractivity contribution in [2.24, 2.45) is 0 Å². The number of nitrogens with one attached hydrogen (secondary N) is 1. The molecule has 2 rings (SSSR count). The van der Waals surface area contributed by atoms with Crippen molar-refractivity contribution in [2.75, 3.05) is 12.4 Å². The van der Waals surface area contributed by atoms with Crippen molar-refractivity contribution >= 4 is 5.69 Å². The quantitative estimate of drug-likeness (QED) is 0.790. The summed E-state index contributed by atoms with van der Waals surface area (Å²) in [6.07, 6.45) is 1.86. The van der Waals surface area contributed by atoms with E-state index in [4.69, 9.17) is 10.00 Å². The average molecular weight is 188 g/mol. The molecule has 1 aromatic carbocycles. The van der Waals surface area contributed by atoms with Crippen molar-refractivity contribution in [3.63, 3.8) is 0 Å². The number of ether oxygens (including phenoxy) is 1. The zero-order valence-corrected chi connectivity index (χ0v) is 8.08. The Morgan fingerprint density at radius 2 is 2.29 bits per heavy atom. The Labute approximate surface area is 83.3 Å². The molecule has 0 aromatic heterocycles. The Hall–Kier alpha value is -1.69. The van der Waals surface area contributed by atoms with Gasteiger partial charge in [-0.25, -0.2) is 0 Å². The lowest BCUT2D eigenvalue weighted by atomic mass is 10.2. The maximum absolute atomic E-state index is 8.90. The van der Waals surface area contributed by atoms with E-state index in [1.807, 2.05) is 24.3 Å². The molecule has 0 amide bonds. The Morgan fingerprint density at radius 1 is 1.50 bits per heavy atom. The molecule has 3 nitrogen and oxygen atoms in total.